The van der Waals surface area contributed by atoms with Crippen molar-refractivity contribution in [2.45, 2.75) is 24.3 Å². The fourth-order valence-corrected chi connectivity index (χ4v) is 3.40. The highest BCUT2D eigenvalue weighted by atomic mass is 79.9. The van der Waals surface area contributed by atoms with Crippen molar-refractivity contribution in [3.63, 3.8) is 0 Å². The number of hydrogen-bond acceptors (Lipinski definition) is 6. The topological polar surface area (TPSA) is 69.9 Å². The average Bonchev–Trinajstić information content (AvgIpc) is 2.80. The molecule has 2 aromatic heterocycles. The SMILES string of the molecule is CCOC(=O)C(C)Sc1nnc2c3cc(Br)ccc3n(C)c2n1. The zero-order chi connectivity index (χ0) is 16.6. The van der Waals surface area contributed by atoms with Crippen LogP contribution in [0.2, 0.25) is 0 Å². The van der Waals surface area contributed by atoms with Gasteiger partial charge >= 0.3 is 5.97 Å². The maximum atomic E-state index is 11.7. The second-order valence-electron chi connectivity index (χ2n) is 5.00. The third kappa shape index (κ3) is 3.05. The molecule has 0 fully saturated rings. The second kappa shape index (κ2) is 6.45. The molecule has 0 saturated carbocycles. The van der Waals surface area contributed by atoms with E-state index in [0.717, 1.165) is 26.5 Å². The predicted octanol–water partition coefficient (Wildman–Crippen LogP) is 3.32. The van der Waals surface area contributed by atoms with Gasteiger partial charge in [-0.05, 0) is 32.0 Å². The van der Waals surface area contributed by atoms with Crippen LogP contribution in [-0.4, -0.2) is 37.6 Å². The lowest BCUT2D eigenvalue weighted by Gasteiger charge is -2.08. The first-order chi connectivity index (χ1) is 11.0. The molecule has 0 aliphatic carbocycles. The third-order valence-electron chi connectivity index (χ3n) is 3.44. The maximum absolute atomic E-state index is 11.7. The summed E-state index contributed by atoms with van der Waals surface area (Å²) in [6.07, 6.45) is 0. The number of carbonyl (C=O) groups excluding carboxylic acids is 1. The van der Waals surface area contributed by atoms with E-state index in [4.69, 9.17) is 4.74 Å². The zero-order valence-corrected chi connectivity index (χ0v) is 15.3. The summed E-state index contributed by atoms with van der Waals surface area (Å²) in [5.41, 5.74) is 2.52. The van der Waals surface area contributed by atoms with E-state index in [9.17, 15) is 4.79 Å². The lowest BCUT2D eigenvalue weighted by atomic mass is 10.2. The van der Waals surface area contributed by atoms with E-state index in [2.05, 4.69) is 31.1 Å². The van der Waals surface area contributed by atoms with E-state index in [0.29, 0.717) is 11.8 Å². The largest absolute Gasteiger partial charge is 0.465 e. The zero-order valence-electron chi connectivity index (χ0n) is 12.9. The first-order valence-electron chi connectivity index (χ1n) is 7.13. The van der Waals surface area contributed by atoms with E-state index in [-0.39, 0.29) is 11.2 Å². The van der Waals surface area contributed by atoms with E-state index in [1.165, 1.54) is 11.8 Å². The number of halogens is 1. The summed E-state index contributed by atoms with van der Waals surface area (Å²) >= 11 is 4.72. The van der Waals surface area contributed by atoms with Crippen LogP contribution in [-0.2, 0) is 16.6 Å². The number of esters is 1. The molecule has 0 radical (unpaired) electrons. The number of rotatable bonds is 4. The van der Waals surface area contributed by atoms with Crippen LogP contribution < -0.4 is 0 Å². The van der Waals surface area contributed by atoms with Crippen molar-refractivity contribution >= 4 is 55.7 Å². The van der Waals surface area contributed by atoms with Gasteiger partial charge in [-0.25, -0.2) is 4.98 Å². The molecule has 0 saturated heterocycles. The maximum Gasteiger partial charge on any atom is 0.319 e. The average molecular weight is 395 g/mol. The number of fused-ring (bicyclic) bond motifs is 3. The molecule has 120 valence electrons. The Morgan fingerprint density at radius 1 is 1.43 bits per heavy atom. The Hall–Kier alpha value is -1.67. The molecule has 0 aliphatic heterocycles. The van der Waals surface area contributed by atoms with Crippen molar-refractivity contribution in [1.29, 1.82) is 0 Å². The van der Waals surface area contributed by atoms with Gasteiger partial charge < -0.3 is 9.30 Å². The molecule has 0 bridgehead atoms. The van der Waals surface area contributed by atoms with Crippen LogP contribution >= 0.6 is 27.7 Å². The highest BCUT2D eigenvalue weighted by Crippen LogP contribution is 2.29. The molecule has 1 unspecified atom stereocenters. The van der Waals surface area contributed by atoms with E-state index < -0.39 is 0 Å². The number of hydrogen-bond donors (Lipinski definition) is 0. The van der Waals surface area contributed by atoms with Crippen LogP contribution in [0, 0.1) is 0 Å². The number of benzene rings is 1. The molecule has 1 aromatic carbocycles. The van der Waals surface area contributed by atoms with Gasteiger partial charge in [0.2, 0.25) is 5.16 Å². The quantitative estimate of drug-likeness (QED) is 0.499. The second-order valence-corrected chi connectivity index (χ2v) is 7.22. The Bertz CT molecular complexity index is 896. The number of carbonyl (C=O) groups is 1. The summed E-state index contributed by atoms with van der Waals surface area (Å²) in [6.45, 7) is 3.92. The van der Waals surface area contributed by atoms with Gasteiger partial charge in [-0.1, -0.05) is 27.7 Å². The summed E-state index contributed by atoms with van der Waals surface area (Å²) < 4.78 is 7.96. The van der Waals surface area contributed by atoms with Gasteiger partial charge in [-0.15, -0.1) is 10.2 Å². The number of aryl methyl sites for hydroxylation is 1. The minimum Gasteiger partial charge on any atom is -0.465 e. The molecule has 0 spiro atoms. The first-order valence-corrected chi connectivity index (χ1v) is 8.80. The van der Waals surface area contributed by atoms with Crippen molar-refractivity contribution in [3.8, 4) is 0 Å². The molecular formula is C15H15BrN4O2S. The number of ether oxygens (including phenoxy) is 1. The van der Waals surface area contributed by atoms with Crippen molar-refractivity contribution in [2.24, 2.45) is 7.05 Å². The lowest BCUT2D eigenvalue weighted by Crippen LogP contribution is -2.17. The van der Waals surface area contributed by atoms with Crippen LogP contribution in [0.3, 0.4) is 0 Å². The van der Waals surface area contributed by atoms with Gasteiger partial charge in [0.1, 0.15) is 10.8 Å². The Balaban J connectivity index is 2.01. The van der Waals surface area contributed by atoms with Crippen LogP contribution in [0.4, 0.5) is 0 Å². The van der Waals surface area contributed by atoms with Gasteiger partial charge in [0.05, 0.1) is 12.1 Å². The monoisotopic (exact) mass is 394 g/mol. The molecule has 0 amide bonds. The van der Waals surface area contributed by atoms with Gasteiger partial charge in [0.25, 0.3) is 0 Å². The molecule has 3 rings (SSSR count). The summed E-state index contributed by atoms with van der Waals surface area (Å²) in [7, 11) is 1.94. The Kier molecular flexibility index (Phi) is 4.54. The fourth-order valence-electron chi connectivity index (χ4n) is 2.33. The highest BCUT2D eigenvalue weighted by molar-refractivity contribution is 9.10. The van der Waals surface area contributed by atoms with Crippen LogP contribution in [0.25, 0.3) is 22.1 Å². The summed E-state index contributed by atoms with van der Waals surface area (Å²) in [5.74, 6) is -0.276. The van der Waals surface area contributed by atoms with E-state index in [1.807, 2.05) is 29.8 Å². The molecule has 23 heavy (non-hydrogen) atoms. The highest BCUT2D eigenvalue weighted by Gasteiger charge is 2.19. The van der Waals surface area contributed by atoms with Crippen molar-refractivity contribution in [3.05, 3.63) is 22.7 Å². The first kappa shape index (κ1) is 16.2. The Labute approximate surface area is 145 Å². The fraction of sp³-hybridized carbons (Fsp3) is 0.333. The Morgan fingerprint density at radius 3 is 2.96 bits per heavy atom. The van der Waals surface area contributed by atoms with Crippen LogP contribution in [0.5, 0.6) is 0 Å². The molecule has 8 heteroatoms. The van der Waals surface area contributed by atoms with Gasteiger partial charge in [-0.3, -0.25) is 4.79 Å². The Morgan fingerprint density at radius 2 is 2.22 bits per heavy atom. The van der Waals surface area contributed by atoms with Crippen molar-refractivity contribution < 1.29 is 9.53 Å². The summed E-state index contributed by atoms with van der Waals surface area (Å²) in [6, 6.07) is 5.99. The minimum atomic E-state index is -0.377. The molecule has 0 aliphatic rings. The molecule has 0 N–H and O–H groups in total. The number of thioether (sulfide) groups is 1. The molecule has 2 heterocycles. The number of nitrogens with zero attached hydrogens (tertiary/aromatic N) is 4. The van der Waals surface area contributed by atoms with E-state index >= 15 is 0 Å². The standard InChI is InChI=1S/C15H15BrN4O2S/c1-4-22-14(21)8(2)23-15-17-13-12(18-19-15)10-7-9(16)5-6-11(10)20(13)3/h5-8H,4H2,1-3H3. The van der Waals surface area contributed by atoms with Crippen molar-refractivity contribution in [2.75, 3.05) is 6.61 Å². The van der Waals surface area contributed by atoms with Gasteiger partial charge in [0.15, 0.2) is 5.65 Å². The van der Waals surface area contributed by atoms with Crippen LogP contribution in [0.1, 0.15) is 13.8 Å². The van der Waals surface area contributed by atoms with Crippen LogP contribution in [0.15, 0.2) is 27.8 Å². The molecule has 3 aromatic rings. The molecule has 1 atom stereocenters. The van der Waals surface area contributed by atoms with Gasteiger partial charge in [0, 0.05) is 16.9 Å². The van der Waals surface area contributed by atoms with Gasteiger partial charge in [-0.2, -0.15) is 0 Å². The lowest BCUT2D eigenvalue weighted by molar-refractivity contribution is -0.142. The predicted molar refractivity (Wildman–Crippen MR) is 93.5 cm³/mol. The summed E-state index contributed by atoms with van der Waals surface area (Å²) in [5, 5.41) is 9.53. The minimum absolute atomic E-state index is 0.276. The molecular weight excluding hydrogens is 380 g/mol. The van der Waals surface area contributed by atoms with Crippen molar-refractivity contribution in [1.82, 2.24) is 19.7 Å². The van der Waals surface area contributed by atoms with E-state index in [1.54, 1.807) is 13.8 Å². The number of aromatic nitrogens is 4. The smallest absolute Gasteiger partial charge is 0.319 e. The molecule has 6 nitrogen and oxygen atoms in total. The third-order valence-corrected chi connectivity index (χ3v) is 4.87. The summed E-state index contributed by atoms with van der Waals surface area (Å²) in [4.78, 5) is 16.3. The normalized spacial score (nSPS) is 12.7.